The van der Waals surface area contributed by atoms with E-state index in [2.05, 4.69) is 13.5 Å². The molecule has 0 aliphatic rings. The second-order valence-electron chi connectivity index (χ2n) is 4.05. The van der Waals surface area contributed by atoms with Crippen molar-refractivity contribution in [1.29, 1.82) is 0 Å². The van der Waals surface area contributed by atoms with Crippen molar-refractivity contribution < 1.29 is 8.85 Å². The van der Waals surface area contributed by atoms with Gasteiger partial charge in [0.15, 0.2) is 0 Å². The SMILES string of the molecule is CCCCCCCC[Si][Si](C)(OC)OC. The Balaban J connectivity index is 3.29. The molecule has 0 spiro atoms. The maximum atomic E-state index is 5.46. The Kier molecular flexibility index (Phi) is 9.80. The Morgan fingerprint density at radius 2 is 1.47 bits per heavy atom. The van der Waals surface area contributed by atoms with E-state index in [1.165, 1.54) is 44.6 Å². The Morgan fingerprint density at radius 1 is 0.933 bits per heavy atom. The zero-order valence-electron chi connectivity index (χ0n) is 10.8. The second kappa shape index (κ2) is 9.57. The van der Waals surface area contributed by atoms with Crippen molar-refractivity contribution in [3.05, 3.63) is 0 Å². The molecule has 0 saturated carbocycles. The molecule has 0 fully saturated rings. The van der Waals surface area contributed by atoms with Gasteiger partial charge in [0.25, 0.3) is 0 Å². The van der Waals surface area contributed by atoms with Gasteiger partial charge < -0.3 is 8.85 Å². The topological polar surface area (TPSA) is 18.5 Å². The van der Waals surface area contributed by atoms with Gasteiger partial charge in [0.1, 0.15) is 9.04 Å². The number of unbranched alkanes of at least 4 members (excludes halogenated alkanes) is 5. The second-order valence-corrected chi connectivity index (χ2v) is 11.4. The van der Waals surface area contributed by atoms with Crippen LogP contribution in [0.4, 0.5) is 0 Å². The molecule has 0 amide bonds. The van der Waals surface area contributed by atoms with E-state index in [0.29, 0.717) is 0 Å². The van der Waals surface area contributed by atoms with Crippen LogP contribution in [0.2, 0.25) is 12.6 Å². The van der Waals surface area contributed by atoms with Gasteiger partial charge in [-0.2, -0.15) is 0 Å². The molecule has 0 saturated heterocycles. The molecule has 0 aliphatic carbocycles. The molecule has 0 bridgehead atoms. The van der Waals surface area contributed by atoms with E-state index in [9.17, 15) is 0 Å². The van der Waals surface area contributed by atoms with Crippen molar-refractivity contribution in [3.63, 3.8) is 0 Å². The highest BCUT2D eigenvalue weighted by molar-refractivity contribution is 7.17. The quantitative estimate of drug-likeness (QED) is 0.435. The van der Waals surface area contributed by atoms with Crippen LogP contribution in [-0.2, 0) is 8.85 Å². The fourth-order valence-electron chi connectivity index (χ4n) is 1.45. The minimum atomic E-state index is -1.74. The van der Waals surface area contributed by atoms with E-state index in [4.69, 9.17) is 8.85 Å². The van der Waals surface area contributed by atoms with Gasteiger partial charge in [-0.1, -0.05) is 51.5 Å². The largest absolute Gasteiger partial charge is 0.400 e. The summed E-state index contributed by atoms with van der Waals surface area (Å²) in [5.41, 5.74) is 0. The molecule has 0 aromatic rings. The predicted molar refractivity (Wildman–Crippen MR) is 69.6 cm³/mol. The van der Waals surface area contributed by atoms with E-state index < -0.39 is 8.08 Å². The molecule has 0 aliphatic heterocycles. The van der Waals surface area contributed by atoms with Gasteiger partial charge in [-0.05, 0) is 6.55 Å². The summed E-state index contributed by atoms with van der Waals surface area (Å²) < 4.78 is 10.9. The molecule has 0 unspecified atom stereocenters. The van der Waals surface area contributed by atoms with Crippen LogP contribution in [0, 0.1) is 0 Å². The minimum Gasteiger partial charge on any atom is -0.400 e. The highest BCUT2D eigenvalue weighted by atomic mass is 29.2. The molecule has 0 aromatic carbocycles. The van der Waals surface area contributed by atoms with Crippen LogP contribution in [0.5, 0.6) is 0 Å². The standard InChI is InChI=1S/C11H26O2Si2/c1-5-6-7-8-9-10-11-14-15(4,12-2)13-3/h5-11H2,1-4H3. The average molecular weight is 246 g/mol. The van der Waals surface area contributed by atoms with E-state index in [1.54, 1.807) is 14.2 Å². The fourth-order valence-corrected chi connectivity index (χ4v) is 5.54. The van der Waals surface area contributed by atoms with Crippen LogP contribution in [0.3, 0.4) is 0 Å². The van der Waals surface area contributed by atoms with Crippen LogP contribution in [0.1, 0.15) is 45.4 Å². The lowest BCUT2D eigenvalue weighted by molar-refractivity contribution is 0.272. The van der Waals surface area contributed by atoms with E-state index in [0.717, 1.165) is 9.04 Å². The third-order valence-electron chi connectivity index (χ3n) is 2.76. The van der Waals surface area contributed by atoms with Crippen LogP contribution < -0.4 is 0 Å². The molecular formula is C11H26O2Si2. The predicted octanol–water partition coefficient (Wildman–Crippen LogP) is 3.33. The molecule has 0 heterocycles. The molecule has 2 radical (unpaired) electrons. The van der Waals surface area contributed by atoms with Gasteiger partial charge in [0, 0.05) is 14.2 Å². The first-order chi connectivity index (χ1) is 7.18. The molecule has 0 rings (SSSR count). The first-order valence-corrected chi connectivity index (χ1v) is 10.6. The van der Waals surface area contributed by atoms with Crippen LogP contribution in [0.25, 0.3) is 0 Å². The van der Waals surface area contributed by atoms with Crippen LogP contribution >= 0.6 is 0 Å². The highest BCUT2D eigenvalue weighted by Gasteiger charge is 2.27. The van der Waals surface area contributed by atoms with Gasteiger partial charge in [-0.15, -0.1) is 0 Å². The molecule has 2 nitrogen and oxygen atoms in total. The third kappa shape index (κ3) is 8.19. The van der Waals surface area contributed by atoms with E-state index >= 15 is 0 Å². The summed E-state index contributed by atoms with van der Waals surface area (Å²) in [6.07, 6.45) is 8.26. The van der Waals surface area contributed by atoms with Crippen LogP contribution in [0.15, 0.2) is 0 Å². The van der Waals surface area contributed by atoms with Gasteiger partial charge in [-0.25, -0.2) is 0 Å². The fraction of sp³-hybridized carbons (Fsp3) is 1.00. The maximum absolute atomic E-state index is 5.46. The summed E-state index contributed by atoms with van der Waals surface area (Å²) in [4.78, 5) is 0. The van der Waals surface area contributed by atoms with Crippen molar-refractivity contribution in [3.8, 4) is 0 Å². The molecule has 90 valence electrons. The Bertz CT molecular complexity index is 139. The summed E-state index contributed by atoms with van der Waals surface area (Å²) in [5.74, 6) is 0. The lowest BCUT2D eigenvalue weighted by atomic mass is 10.1. The molecule has 0 aromatic heterocycles. The summed E-state index contributed by atoms with van der Waals surface area (Å²) in [7, 11) is 2.70. The Morgan fingerprint density at radius 3 is 2.00 bits per heavy atom. The summed E-state index contributed by atoms with van der Waals surface area (Å²) in [5, 5.41) is 0. The average Bonchev–Trinajstić information content (AvgIpc) is 2.27. The van der Waals surface area contributed by atoms with Crippen molar-refractivity contribution in [2.24, 2.45) is 0 Å². The Hall–Kier alpha value is 0.354. The van der Waals surface area contributed by atoms with Gasteiger partial charge >= 0.3 is 8.08 Å². The van der Waals surface area contributed by atoms with Gasteiger partial charge in [0.2, 0.25) is 0 Å². The van der Waals surface area contributed by atoms with Crippen molar-refractivity contribution >= 4 is 17.1 Å². The first-order valence-electron chi connectivity index (χ1n) is 6.04. The summed E-state index contributed by atoms with van der Waals surface area (Å²) >= 11 is 0. The summed E-state index contributed by atoms with van der Waals surface area (Å²) in [6, 6.07) is 1.29. The van der Waals surface area contributed by atoms with E-state index in [1.807, 2.05) is 0 Å². The highest BCUT2D eigenvalue weighted by Crippen LogP contribution is 2.10. The van der Waals surface area contributed by atoms with Crippen molar-refractivity contribution in [2.45, 2.75) is 58.0 Å². The van der Waals surface area contributed by atoms with Crippen LogP contribution in [-0.4, -0.2) is 31.3 Å². The smallest absolute Gasteiger partial charge is 0.306 e. The molecule has 4 heteroatoms. The van der Waals surface area contributed by atoms with Crippen molar-refractivity contribution in [2.75, 3.05) is 14.2 Å². The van der Waals surface area contributed by atoms with Crippen molar-refractivity contribution in [1.82, 2.24) is 0 Å². The van der Waals surface area contributed by atoms with Gasteiger partial charge in [0.05, 0.1) is 0 Å². The summed E-state index contributed by atoms with van der Waals surface area (Å²) in [6.45, 7) is 4.41. The van der Waals surface area contributed by atoms with Gasteiger partial charge in [-0.3, -0.25) is 0 Å². The number of hydrogen-bond acceptors (Lipinski definition) is 2. The third-order valence-corrected chi connectivity index (χ3v) is 9.46. The Labute approximate surface area is 98.6 Å². The molecule has 0 atom stereocenters. The zero-order chi connectivity index (χ0) is 11.6. The lowest BCUT2D eigenvalue weighted by Gasteiger charge is -2.22. The first kappa shape index (κ1) is 15.4. The zero-order valence-corrected chi connectivity index (χ0v) is 12.8. The lowest BCUT2D eigenvalue weighted by Crippen LogP contribution is -2.43. The minimum absolute atomic E-state index is 0.883. The molecular weight excluding hydrogens is 220 g/mol. The van der Waals surface area contributed by atoms with E-state index in [-0.39, 0.29) is 0 Å². The number of rotatable bonds is 10. The molecule has 0 N–H and O–H groups in total. The maximum Gasteiger partial charge on any atom is 0.306 e. The monoisotopic (exact) mass is 246 g/mol. The molecule has 15 heavy (non-hydrogen) atoms. The normalized spacial score (nSPS) is 12.0. The number of hydrogen-bond donors (Lipinski definition) is 0.